The van der Waals surface area contributed by atoms with E-state index in [9.17, 15) is 4.79 Å². The highest BCUT2D eigenvalue weighted by atomic mass is 127. The first kappa shape index (κ1) is 14.1. The molecule has 2 aromatic carbocycles. The van der Waals surface area contributed by atoms with E-state index in [4.69, 9.17) is 4.74 Å². The van der Waals surface area contributed by atoms with Gasteiger partial charge in [0.25, 0.3) is 0 Å². The molecule has 3 heteroatoms. The third-order valence-electron chi connectivity index (χ3n) is 2.87. The fraction of sp³-hybridized carbons (Fsp3) is 0.188. The molecule has 2 rings (SSSR count). The molecule has 98 valence electrons. The zero-order valence-corrected chi connectivity index (χ0v) is 13.1. The first-order chi connectivity index (χ1) is 9.06. The minimum atomic E-state index is -0.00249. The van der Waals surface area contributed by atoms with Gasteiger partial charge in [0.15, 0.2) is 12.4 Å². The Morgan fingerprint density at radius 1 is 1.11 bits per heavy atom. The minimum Gasteiger partial charge on any atom is -0.485 e. The van der Waals surface area contributed by atoms with Crippen LogP contribution in [0.2, 0.25) is 0 Å². The summed E-state index contributed by atoms with van der Waals surface area (Å²) < 4.78 is 6.73. The van der Waals surface area contributed by atoms with Crippen molar-refractivity contribution >= 4 is 28.4 Å². The van der Waals surface area contributed by atoms with Crippen molar-refractivity contribution in [3.8, 4) is 5.75 Å². The maximum absolute atomic E-state index is 12.0. The highest BCUT2D eigenvalue weighted by molar-refractivity contribution is 14.1. The Morgan fingerprint density at radius 3 is 2.47 bits per heavy atom. The highest BCUT2D eigenvalue weighted by Gasteiger charge is 2.08. The molecule has 0 N–H and O–H groups in total. The zero-order valence-electron chi connectivity index (χ0n) is 10.9. The number of hydrogen-bond donors (Lipinski definition) is 0. The summed E-state index contributed by atoms with van der Waals surface area (Å²) in [5.74, 6) is 0.774. The number of ether oxygens (including phenoxy) is 1. The molecule has 0 aliphatic heterocycles. The molecule has 0 atom stereocenters. The van der Waals surface area contributed by atoms with Crippen LogP contribution in [0.25, 0.3) is 0 Å². The number of Topliss-reactive ketones (excluding diaryl/α,β-unsaturated/α-hetero) is 1. The van der Waals surface area contributed by atoms with Crippen LogP contribution in [-0.4, -0.2) is 12.4 Å². The van der Waals surface area contributed by atoms with Gasteiger partial charge in [0, 0.05) is 9.13 Å². The van der Waals surface area contributed by atoms with Gasteiger partial charge in [-0.1, -0.05) is 24.3 Å². The van der Waals surface area contributed by atoms with Crippen molar-refractivity contribution < 1.29 is 9.53 Å². The number of rotatable bonds is 4. The quantitative estimate of drug-likeness (QED) is 0.600. The summed E-state index contributed by atoms with van der Waals surface area (Å²) in [7, 11) is 0. The molecule has 0 aromatic heterocycles. The van der Waals surface area contributed by atoms with Crippen LogP contribution in [0.1, 0.15) is 21.5 Å². The first-order valence-corrected chi connectivity index (χ1v) is 7.13. The summed E-state index contributed by atoms with van der Waals surface area (Å²) in [6.07, 6.45) is 0. The minimum absolute atomic E-state index is 0.00249. The van der Waals surface area contributed by atoms with E-state index in [0.717, 1.165) is 20.4 Å². The van der Waals surface area contributed by atoms with E-state index < -0.39 is 0 Å². The predicted molar refractivity (Wildman–Crippen MR) is 84.9 cm³/mol. The van der Waals surface area contributed by atoms with Gasteiger partial charge in [0.05, 0.1) is 0 Å². The third-order valence-corrected chi connectivity index (χ3v) is 3.59. The zero-order chi connectivity index (χ0) is 13.8. The average molecular weight is 366 g/mol. The van der Waals surface area contributed by atoms with Gasteiger partial charge < -0.3 is 4.74 Å². The Bertz CT molecular complexity index is 588. The van der Waals surface area contributed by atoms with Crippen LogP contribution in [0.4, 0.5) is 0 Å². The average Bonchev–Trinajstić information content (AvgIpc) is 2.40. The monoisotopic (exact) mass is 366 g/mol. The maximum atomic E-state index is 12.0. The molecule has 0 heterocycles. The van der Waals surface area contributed by atoms with Crippen molar-refractivity contribution in [1.29, 1.82) is 0 Å². The van der Waals surface area contributed by atoms with Gasteiger partial charge in [-0.05, 0) is 65.8 Å². The number of carbonyl (C=O) groups is 1. The van der Waals surface area contributed by atoms with E-state index in [-0.39, 0.29) is 12.4 Å². The van der Waals surface area contributed by atoms with Crippen molar-refractivity contribution in [1.82, 2.24) is 0 Å². The molecule has 0 spiro atoms. The lowest BCUT2D eigenvalue weighted by atomic mass is 10.1. The molecule has 0 unspecified atom stereocenters. The van der Waals surface area contributed by atoms with Gasteiger partial charge in [-0.3, -0.25) is 4.79 Å². The van der Waals surface area contributed by atoms with Gasteiger partial charge in [0.1, 0.15) is 5.75 Å². The number of aryl methyl sites for hydroxylation is 2. The molecular formula is C16H15IO2. The normalized spacial score (nSPS) is 10.3. The standard InChI is InChI=1S/C16H15IO2/c1-11-3-4-12(2)16(9-11)19-10-15(18)13-5-7-14(17)8-6-13/h3-9H,10H2,1-2H3. The lowest BCUT2D eigenvalue weighted by molar-refractivity contribution is 0.0921. The summed E-state index contributed by atoms with van der Waals surface area (Å²) in [6, 6.07) is 13.5. The Morgan fingerprint density at radius 2 is 1.79 bits per heavy atom. The first-order valence-electron chi connectivity index (χ1n) is 6.05. The van der Waals surface area contributed by atoms with E-state index in [0.29, 0.717) is 5.56 Å². The summed E-state index contributed by atoms with van der Waals surface area (Å²) in [4.78, 5) is 12.0. The van der Waals surface area contributed by atoms with Crippen LogP contribution in [0.15, 0.2) is 42.5 Å². The van der Waals surface area contributed by atoms with Crippen molar-refractivity contribution in [2.75, 3.05) is 6.61 Å². The molecule has 2 aromatic rings. The molecule has 0 saturated heterocycles. The van der Waals surface area contributed by atoms with Crippen molar-refractivity contribution in [3.63, 3.8) is 0 Å². The molecule has 0 aliphatic carbocycles. The van der Waals surface area contributed by atoms with E-state index in [1.54, 1.807) is 0 Å². The Kier molecular flexibility index (Phi) is 4.58. The van der Waals surface area contributed by atoms with Gasteiger partial charge in [0.2, 0.25) is 0 Å². The topological polar surface area (TPSA) is 26.3 Å². The fourth-order valence-electron chi connectivity index (χ4n) is 1.73. The SMILES string of the molecule is Cc1ccc(C)c(OCC(=O)c2ccc(I)cc2)c1. The van der Waals surface area contributed by atoms with Gasteiger partial charge in [-0.2, -0.15) is 0 Å². The summed E-state index contributed by atoms with van der Waals surface area (Å²) in [6.45, 7) is 4.06. The highest BCUT2D eigenvalue weighted by Crippen LogP contribution is 2.19. The Hall–Kier alpha value is -1.36. The van der Waals surface area contributed by atoms with Gasteiger partial charge >= 0.3 is 0 Å². The van der Waals surface area contributed by atoms with Crippen LogP contribution in [0.3, 0.4) is 0 Å². The molecule has 0 bridgehead atoms. The number of ketones is 1. The second kappa shape index (κ2) is 6.19. The second-order valence-electron chi connectivity index (χ2n) is 4.49. The molecular weight excluding hydrogens is 351 g/mol. The molecule has 2 nitrogen and oxygen atoms in total. The van der Waals surface area contributed by atoms with E-state index in [1.165, 1.54) is 0 Å². The number of carbonyl (C=O) groups excluding carboxylic acids is 1. The van der Waals surface area contributed by atoms with Crippen molar-refractivity contribution in [2.45, 2.75) is 13.8 Å². The lowest BCUT2D eigenvalue weighted by Crippen LogP contribution is -2.12. The summed E-state index contributed by atoms with van der Waals surface area (Å²) in [5.41, 5.74) is 2.86. The Balaban J connectivity index is 2.04. The van der Waals surface area contributed by atoms with Crippen LogP contribution in [0, 0.1) is 17.4 Å². The second-order valence-corrected chi connectivity index (χ2v) is 5.73. The molecule has 0 amide bonds. The summed E-state index contributed by atoms with van der Waals surface area (Å²) in [5, 5.41) is 0. The molecule has 0 fully saturated rings. The summed E-state index contributed by atoms with van der Waals surface area (Å²) >= 11 is 2.22. The number of halogens is 1. The smallest absolute Gasteiger partial charge is 0.200 e. The molecule has 0 aliphatic rings. The van der Waals surface area contributed by atoms with Crippen molar-refractivity contribution in [2.24, 2.45) is 0 Å². The van der Waals surface area contributed by atoms with Gasteiger partial charge in [-0.25, -0.2) is 0 Å². The van der Waals surface area contributed by atoms with E-state index in [2.05, 4.69) is 22.6 Å². The van der Waals surface area contributed by atoms with Crippen LogP contribution in [-0.2, 0) is 0 Å². The lowest BCUT2D eigenvalue weighted by Gasteiger charge is -2.09. The number of benzene rings is 2. The van der Waals surface area contributed by atoms with Crippen LogP contribution in [0.5, 0.6) is 5.75 Å². The van der Waals surface area contributed by atoms with Gasteiger partial charge in [-0.15, -0.1) is 0 Å². The largest absolute Gasteiger partial charge is 0.485 e. The van der Waals surface area contributed by atoms with Crippen LogP contribution >= 0.6 is 22.6 Å². The molecule has 0 saturated carbocycles. The fourth-order valence-corrected chi connectivity index (χ4v) is 2.08. The van der Waals surface area contributed by atoms with Crippen molar-refractivity contribution in [3.05, 3.63) is 62.7 Å². The third kappa shape index (κ3) is 3.80. The maximum Gasteiger partial charge on any atom is 0.200 e. The molecule has 0 radical (unpaired) electrons. The molecule has 19 heavy (non-hydrogen) atoms. The number of hydrogen-bond acceptors (Lipinski definition) is 2. The predicted octanol–water partition coefficient (Wildman–Crippen LogP) is 4.17. The van der Waals surface area contributed by atoms with Crippen LogP contribution < -0.4 is 4.74 Å². The van der Waals surface area contributed by atoms with E-state index in [1.807, 2.05) is 56.3 Å². The van der Waals surface area contributed by atoms with E-state index >= 15 is 0 Å². The Labute approximate surface area is 126 Å².